The van der Waals surface area contributed by atoms with Gasteiger partial charge in [0.05, 0.1) is 12.3 Å². The van der Waals surface area contributed by atoms with Crippen LogP contribution >= 0.6 is 11.3 Å². The van der Waals surface area contributed by atoms with Gasteiger partial charge < -0.3 is 10.6 Å². The third-order valence-corrected chi connectivity index (χ3v) is 6.66. The van der Waals surface area contributed by atoms with Crippen LogP contribution in [0.2, 0.25) is 0 Å². The summed E-state index contributed by atoms with van der Waals surface area (Å²) in [4.78, 5) is 7.21. The van der Waals surface area contributed by atoms with Gasteiger partial charge in [-0.15, -0.1) is 11.3 Å². The molecule has 138 valence electrons. The number of thiophene rings is 1. The lowest BCUT2D eigenvalue weighted by Gasteiger charge is -2.16. The predicted molar refractivity (Wildman–Crippen MR) is 103 cm³/mol. The van der Waals surface area contributed by atoms with Gasteiger partial charge in [-0.1, -0.05) is 6.92 Å². The summed E-state index contributed by atoms with van der Waals surface area (Å²) >= 11 is 1.79. The van der Waals surface area contributed by atoms with Gasteiger partial charge in [-0.2, -0.15) is 0 Å². The van der Waals surface area contributed by atoms with Crippen LogP contribution in [0.15, 0.2) is 17.1 Å². The van der Waals surface area contributed by atoms with E-state index in [9.17, 15) is 8.42 Å². The van der Waals surface area contributed by atoms with Crippen molar-refractivity contribution < 1.29 is 8.42 Å². The van der Waals surface area contributed by atoms with Gasteiger partial charge >= 0.3 is 0 Å². The first-order valence-corrected chi connectivity index (χ1v) is 10.9. The molecule has 0 bridgehead atoms. The van der Waals surface area contributed by atoms with Crippen molar-refractivity contribution in [3.8, 4) is 0 Å². The van der Waals surface area contributed by atoms with E-state index in [0.717, 1.165) is 25.3 Å². The van der Waals surface area contributed by atoms with E-state index >= 15 is 0 Å². The number of aliphatic imine (C=N–C) groups is 1. The number of aryl methyl sites for hydroxylation is 1. The molecule has 0 saturated heterocycles. The van der Waals surface area contributed by atoms with Gasteiger partial charge in [0.1, 0.15) is 0 Å². The van der Waals surface area contributed by atoms with Crippen LogP contribution in [0.3, 0.4) is 0 Å². The van der Waals surface area contributed by atoms with Crippen LogP contribution in [0, 0.1) is 0 Å². The Bertz CT molecular complexity index is 611. The number of nitrogens with one attached hydrogen (secondary N) is 2. The maximum Gasteiger partial charge on any atom is 0.213 e. The largest absolute Gasteiger partial charge is 0.357 e. The second-order valence-electron chi connectivity index (χ2n) is 5.42. The average molecular weight is 375 g/mol. The Morgan fingerprint density at radius 3 is 2.50 bits per heavy atom. The summed E-state index contributed by atoms with van der Waals surface area (Å²) in [6.45, 7) is 8.48. The molecule has 1 aromatic heterocycles. The first-order chi connectivity index (χ1) is 11.4. The van der Waals surface area contributed by atoms with Crippen LogP contribution in [0.4, 0.5) is 0 Å². The Hall–Kier alpha value is -1.12. The van der Waals surface area contributed by atoms with Crippen molar-refractivity contribution in [3.63, 3.8) is 0 Å². The summed E-state index contributed by atoms with van der Waals surface area (Å²) in [5, 5.41) is 6.47. The molecule has 1 heterocycles. The number of guanidine groups is 1. The summed E-state index contributed by atoms with van der Waals surface area (Å²) in [7, 11) is -1.47. The first kappa shape index (κ1) is 20.9. The van der Waals surface area contributed by atoms with Gasteiger partial charge in [-0.3, -0.25) is 0 Å². The molecular formula is C16H30N4O2S2. The molecule has 1 aromatic rings. The highest BCUT2D eigenvalue weighted by atomic mass is 32.2. The van der Waals surface area contributed by atoms with Crippen molar-refractivity contribution in [2.45, 2.75) is 40.2 Å². The van der Waals surface area contributed by atoms with Crippen LogP contribution in [0.1, 0.15) is 36.9 Å². The fraction of sp³-hybridized carbons (Fsp3) is 0.688. The van der Waals surface area contributed by atoms with E-state index in [-0.39, 0.29) is 5.75 Å². The summed E-state index contributed by atoms with van der Waals surface area (Å²) in [6, 6.07) is 4.28. The summed E-state index contributed by atoms with van der Waals surface area (Å²) < 4.78 is 24.8. The number of sulfonamides is 1. The molecule has 0 aliphatic rings. The first-order valence-electron chi connectivity index (χ1n) is 8.46. The molecule has 0 aliphatic carbocycles. The SMILES string of the molecule is CCNC(=NCc1ccc(CC)s1)NCCCN(C)S(=O)(=O)CC. The van der Waals surface area contributed by atoms with E-state index in [1.165, 1.54) is 14.1 Å². The Morgan fingerprint density at radius 2 is 1.92 bits per heavy atom. The minimum Gasteiger partial charge on any atom is -0.357 e. The molecular weight excluding hydrogens is 344 g/mol. The molecule has 0 radical (unpaired) electrons. The van der Waals surface area contributed by atoms with Crippen molar-refractivity contribution in [2.75, 3.05) is 32.4 Å². The van der Waals surface area contributed by atoms with Gasteiger partial charge in [-0.05, 0) is 38.8 Å². The molecule has 0 aromatic carbocycles. The lowest BCUT2D eigenvalue weighted by molar-refractivity contribution is 0.461. The second-order valence-corrected chi connectivity index (χ2v) is 9.04. The van der Waals surface area contributed by atoms with Crippen LogP contribution in [-0.2, 0) is 23.0 Å². The summed E-state index contributed by atoms with van der Waals surface area (Å²) in [5.74, 6) is 0.909. The molecule has 0 saturated carbocycles. The third kappa shape index (κ3) is 7.19. The molecule has 0 atom stereocenters. The van der Waals surface area contributed by atoms with Crippen molar-refractivity contribution in [1.29, 1.82) is 0 Å². The van der Waals surface area contributed by atoms with E-state index in [0.29, 0.717) is 19.6 Å². The van der Waals surface area contributed by atoms with E-state index < -0.39 is 10.0 Å². The Morgan fingerprint density at radius 1 is 1.21 bits per heavy atom. The zero-order valence-corrected chi connectivity index (χ0v) is 16.8. The number of nitrogens with zero attached hydrogens (tertiary/aromatic N) is 2. The smallest absolute Gasteiger partial charge is 0.213 e. The van der Waals surface area contributed by atoms with E-state index in [2.05, 4.69) is 34.7 Å². The number of hydrogen-bond donors (Lipinski definition) is 2. The predicted octanol–water partition coefficient (Wildman–Crippen LogP) is 2.04. The minimum absolute atomic E-state index is 0.140. The molecule has 1 rings (SSSR count). The molecule has 0 unspecified atom stereocenters. The van der Waals surface area contributed by atoms with Crippen molar-refractivity contribution in [2.24, 2.45) is 4.99 Å². The van der Waals surface area contributed by atoms with E-state index in [1.807, 2.05) is 6.92 Å². The highest BCUT2D eigenvalue weighted by Crippen LogP contribution is 2.17. The molecule has 8 heteroatoms. The normalized spacial score (nSPS) is 12.6. The minimum atomic E-state index is -3.09. The van der Waals surface area contributed by atoms with Crippen LogP contribution in [0.5, 0.6) is 0 Å². The van der Waals surface area contributed by atoms with Gasteiger partial charge in [0.25, 0.3) is 0 Å². The van der Waals surface area contributed by atoms with E-state index in [4.69, 9.17) is 0 Å². The van der Waals surface area contributed by atoms with Crippen LogP contribution in [-0.4, -0.2) is 51.1 Å². The highest BCUT2D eigenvalue weighted by molar-refractivity contribution is 7.89. The highest BCUT2D eigenvalue weighted by Gasteiger charge is 2.13. The number of hydrogen-bond acceptors (Lipinski definition) is 4. The van der Waals surface area contributed by atoms with Gasteiger partial charge in [0.15, 0.2) is 5.96 Å². The third-order valence-electron chi connectivity index (χ3n) is 3.58. The Kier molecular flexibility index (Phi) is 9.31. The molecule has 24 heavy (non-hydrogen) atoms. The summed E-state index contributed by atoms with van der Waals surface area (Å²) in [6.07, 6.45) is 1.79. The topological polar surface area (TPSA) is 73.8 Å². The quantitative estimate of drug-likeness (QED) is 0.373. The zero-order chi connectivity index (χ0) is 18.0. The van der Waals surface area contributed by atoms with Crippen molar-refractivity contribution >= 4 is 27.3 Å². The van der Waals surface area contributed by atoms with Crippen molar-refractivity contribution in [1.82, 2.24) is 14.9 Å². The van der Waals surface area contributed by atoms with Gasteiger partial charge in [0, 0.05) is 36.4 Å². The fourth-order valence-electron chi connectivity index (χ4n) is 2.06. The fourth-order valence-corrected chi connectivity index (χ4v) is 3.79. The molecule has 0 spiro atoms. The average Bonchev–Trinajstić information content (AvgIpc) is 3.04. The zero-order valence-electron chi connectivity index (χ0n) is 15.1. The number of rotatable bonds is 10. The van der Waals surface area contributed by atoms with Gasteiger partial charge in [0.2, 0.25) is 10.0 Å². The molecule has 0 aliphatic heterocycles. The lowest BCUT2D eigenvalue weighted by atomic mass is 10.4. The van der Waals surface area contributed by atoms with Crippen LogP contribution < -0.4 is 10.6 Å². The molecule has 2 N–H and O–H groups in total. The molecule has 6 nitrogen and oxygen atoms in total. The molecule has 0 amide bonds. The van der Waals surface area contributed by atoms with Gasteiger partial charge in [-0.25, -0.2) is 17.7 Å². The van der Waals surface area contributed by atoms with E-state index in [1.54, 1.807) is 25.3 Å². The Labute approximate surface area is 150 Å². The van der Waals surface area contributed by atoms with Crippen LogP contribution in [0.25, 0.3) is 0 Å². The lowest BCUT2D eigenvalue weighted by Crippen LogP contribution is -2.39. The molecule has 0 fully saturated rings. The monoisotopic (exact) mass is 374 g/mol. The maximum atomic E-state index is 11.7. The standard InChI is InChI=1S/C16H30N4O2S2/c1-5-14-9-10-15(23-14)13-19-16(17-6-2)18-11-8-12-20(4)24(21,22)7-3/h9-10H,5-8,11-13H2,1-4H3,(H2,17,18,19). The Balaban J connectivity index is 2.44. The summed E-state index contributed by atoms with van der Waals surface area (Å²) in [5.41, 5.74) is 0. The maximum absolute atomic E-state index is 11.7. The second kappa shape index (κ2) is 10.7. The van der Waals surface area contributed by atoms with Crippen molar-refractivity contribution in [3.05, 3.63) is 21.9 Å².